The van der Waals surface area contributed by atoms with E-state index in [1.54, 1.807) is 7.11 Å². The minimum atomic E-state index is -2.24. The highest BCUT2D eigenvalue weighted by atomic mass is 32.9. The van der Waals surface area contributed by atoms with Crippen molar-refractivity contribution in [3.8, 4) is 0 Å². The summed E-state index contributed by atoms with van der Waals surface area (Å²) in [5.74, 6) is 0. The molecule has 0 aliphatic heterocycles. The second kappa shape index (κ2) is 18.7. The summed E-state index contributed by atoms with van der Waals surface area (Å²) in [4.78, 5) is 0. The lowest BCUT2D eigenvalue weighted by molar-refractivity contribution is 0.285. The van der Waals surface area contributed by atoms with E-state index in [0.717, 1.165) is 6.42 Å². The Labute approximate surface area is 162 Å². The van der Waals surface area contributed by atoms with Gasteiger partial charge in [0.05, 0.1) is 6.61 Å². The van der Waals surface area contributed by atoms with Crippen LogP contribution in [-0.2, 0) is 20.9 Å². The van der Waals surface area contributed by atoms with Gasteiger partial charge < -0.3 is 9.05 Å². The van der Waals surface area contributed by atoms with E-state index in [2.05, 4.69) is 19.2 Å². The highest BCUT2D eigenvalue weighted by Crippen LogP contribution is 2.52. The number of hydrogen-bond donors (Lipinski definition) is 1. The van der Waals surface area contributed by atoms with Crippen LogP contribution in [0.5, 0.6) is 0 Å². The summed E-state index contributed by atoms with van der Waals surface area (Å²) in [6.07, 6.45) is 22.1. The van der Waals surface area contributed by atoms with E-state index >= 15 is 0 Å². The molecule has 1 atom stereocenters. The van der Waals surface area contributed by atoms with Gasteiger partial charge in [0.15, 0.2) is 0 Å². The maximum atomic E-state index is 5.47. The molecule has 0 amide bonds. The van der Waals surface area contributed by atoms with Gasteiger partial charge in [0.1, 0.15) is 0 Å². The van der Waals surface area contributed by atoms with Gasteiger partial charge in [-0.2, -0.15) is 0 Å². The van der Waals surface area contributed by atoms with E-state index in [0.29, 0.717) is 6.61 Å². The Kier molecular flexibility index (Phi) is 19.4. The van der Waals surface area contributed by atoms with Gasteiger partial charge in [0, 0.05) is 7.11 Å². The lowest BCUT2D eigenvalue weighted by atomic mass is 10.0. The summed E-state index contributed by atoms with van der Waals surface area (Å²) in [5, 5.41) is 0. The summed E-state index contributed by atoms with van der Waals surface area (Å²) in [6.45, 7) is 2.97. The molecule has 24 heavy (non-hydrogen) atoms. The van der Waals surface area contributed by atoms with Gasteiger partial charge in [-0.1, -0.05) is 115 Å². The molecule has 0 rings (SSSR count). The summed E-state index contributed by atoms with van der Waals surface area (Å²) in [5.41, 5.74) is -2.24. The maximum Gasteiger partial charge on any atom is 0.244 e. The van der Waals surface area contributed by atoms with Crippen LogP contribution in [0.15, 0.2) is 0 Å². The molecule has 0 aromatic rings. The first-order valence-electron chi connectivity index (χ1n) is 10.2. The van der Waals surface area contributed by atoms with Crippen molar-refractivity contribution < 1.29 is 9.05 Å². The van der Waals surface area contributed by atoms with E-state index in [4.69, 9.17) is 20.9 Å². The molecule has 0 saturated heterocycles. The first kappa shape index (κ1) is 24.9. The monoisotopic (exact) mass is 396 g/mol. The third-order valence-electron chi connectivity index (χ3n) is 4.48. The van der Waals surface area contributed by atoms with Crippen molar-refractivity contribution in [2.24, 2.45) is 0 Å². The van der Waals surface area contributed by atoms with Crippen LogP contribution >= 0.6 is 17.9 Å². The Morgan fingerprint density at radius 1 is 0.667 bits per heavy atom. The molecule has 5 heteroatoms. The van der Waals surface area contributed by atoms with Gasteiger partial charge in [-0.3, -0.25) is 0 Å². The average Bonchev–Trinajstić information content (AvgIpc) is 2.57. The van der Waals surface area contributed by atoms with Gasteiger partial charge in [-0.15, -0.1) is 0 Å². The van der Waals surface area contributed by atoms with E-state index in [9.17, 15) is 0 Å². The Balaban J connectivity index is 3.06. The zero-order valence-electron chi connectivity index (χ0n) is 16.1. The number of rotatable bonds is 19. The average molecular weight is 397 g/mol. The summed E-state index contributed by atoms with van der Waals surface area (Å²) in [6, 6.07) is 0. The van der Waals surface area contributed by atoms with Crippen LogP contribution in [0, 0.1) is 0 Å². The Morgan fingerprint density at radius 3 is 1.33 bits per heavy atom. The second-order valence-corrected chi connectivity index (χ2v) is 12.2. The van der Waals surface area contributed by atoms with Crippen LogP contribution < -0.4 is 0 Å². The fourth-order valence-corrected chi connectivity index (χ4v) is 3.82. The van der Waals surface area contributed by atoms with Gasteiger partial charge in [-0.25, -0.2) is 0 Å². The van der Waals surface area contributed by atoms with Crippen LogP contribution in [-0.4, -0.2) is 13.7 Å². The summed E-state index contributed by atoms with van der Waals surface area (Å²) < 4.78 is 10.5. The van der Waals surface area contributed by atoms with Crippen LogP contribution in [0.3, 0.4) is 0 Å². The minimum Gasteiger partial charge on any atom is -0.325 e. The molecule has 0 aromatic carbocycles. The van der Waals surface area contributed by atoms with E-state index in [1.165, 1.54) is 96.3 Å². The Bertz CT molecular complexity index is 301. The fraction of sp³-hybridized carbons (Fsp3) is 1.00. The smallest absolute Gasteiger partial charge is 0.244 e. The van der Waals surface area contributed by atoms with Crippen LogP contribution in [0.2, 0.25) is 0 Å². The molecule has 0 saturated carbocycles. The van der Waals surface area contributed by atoms with Crippen molar-refractivity contribution in [2.75, 3.05) is 13.7 Å². The van der Waals surface area contributed by atoms with E-state index in [1.807, 2.05) is 0 Å². The number of hydrogen-bond acceptors (Lipinski definition) is 3. The third-order valence-corrected chi connectivity index (χ3v) is 7.05. The van der Waals surface area contributed by atoms with Crippen molar-refractivity contribution in [2.45, 2.75) is 110 Å². The van der Waals surface area contributed by atoms with Crippen molar-refractivity contribution in [3.05, 3.63) is 0 Å². The van der Waals surface area contributed by atoms with Crippen LogP contribution in [0.4, 0.5) is 0 Å². The molecule has 0 heterocycles. The summed E-state index contributed by atoms with van der Waals surface area (Å²) >= 11 is 9.28. The second-order valence-electron chi connectivity index (χ2n) is 6.79. The Hall–Kier alpha value is 0.920. The number of thiol groups is 1. The predicted molar refractivity (Wildman–Crippen MR) is 116 cm³/mol. The molecule has 0 bridgehead atoms. The first-order chi connectivity index (χ1) is 11.6. The minimum absolute atomic E-state index is 0.688. The van der Waals surface area contributed by atoms with Gasteiger partial charge >= 0.3 is 0 Å². The first-order valence-corrected chi connectivity index (χ1v) is 13.9. The molecule has 146 valence electrons. The molecule has 0 N–H and O–H groups in total. The Morgan fingerprint density at radius 2 is 1.00 bits per heavy atom. The highest BCUT2D eigenvalue weighted by Gasteiger charge is 2.08. The molecule has 1 unspecified atom stereocenters. The normalized spacial score (nSPS) is 14.0. The predicted octanol–water partition coefficient (Wildman–Crippen LogP) is 8.07. The van der Waals surface area contributed by atoms with Crippen LogP contribution in [0.25, 0.3) is 0 Å². The molecule has 0 spiro atoms. The fourth-order valence-electron chi connectivity index (χ4n) is 2.88. The van der Waals surface area contributed by atoms with E-state index in [-0.39, 0.29) is 0 Å². The molecular formula is C19H41O2PS2. The molecule has 0 aliphatic rings. The summed E-state index contributed by atoms with van der Waals surface area (Å²) in [7, 11) is 1.57. The third kappa shape index (κ3) is 19.2. The standard InChI is InChI=1S/C19H41O2PS2/c1-3-4-5-6-7-8-9-10-11-12-13-14-15-16-17-18-19-21-22(23,24)20-2/h3-19H2,1-2H3,(H,23,24). The van der Waals surface area contributed by atoms with Gasteiger partial charge in [0.25, 0.3) is 0 Å². The van der Waals surface area contributed by atoms with Crippen LogP contribution in [0.1, 0.15) is 110 Å². The lowest BCUT2D eigenvalue weighted by Crippen LogP contribution is -1.91. The molecular weight excluding hydrogens is 355 g/mol. The maximum absolute atomic E-state index is 5.47. The van der Waals surface area contributed by atoms with Gasteiger partial charge in [0.2, 0.25) is 5.69 Å². The zero-order chi connectivity index (χ0) is 17.9. The van der Waals surface area contributed by atoms with E-state index < -0.39 is 5.69 Å². The van der Waals surface area contributed by atoms with Crippen molar-refractivity contribution in [1.82, 2.24) is 0 Å². The van der Waals surface area contributed by atoms with Crippen molar-refractivity contribution >= 4 is 29.7 Å². The van der Waals surface area contributed by atoms with Crippen molar-refractivity contribution in [1.29, 1.82) is 0 Å². The molecule has 0 fully saturated rings. The zero-order valence-corrected chi connectivity index (χ0v) is 18.7. The van der Waals surface area contributed by atoms with Crippen molar-refractivity contribution in [3.63, 3.8) is 0 Å². The molecule has 0 radical (unpaired) electrons. The molecule has 2 nitrogen and oxygen atoms in total. The quantitative estimate of drug-likeness (QED) is 0.135. The number of unbranched alkanes of at least 4 members (excludes halogenated alkanes) is 15. The lowest BCUT2D eigenvalue weighted by Gasteiger charge is -2.13. The molecule has 0 aliphatic carbocycles. The highest BCUT2D eigenvalue weighted by molar-refractivity contribution is 8.60. The topological polar surface area (TPSA) is 18.5 Å². The van der Waals surface area contributed by atoms with Gasteiger partial charge in [-0.05, 0) is 18.2 Å². The SMILES string of the molecule is CCCCCCCCCCCCCCCCCCOP(=S)(S)OC. The molecule has 0 aromatic heterocycles. The largest absolute Gasteiger partial charge is 0.325 e.